The van der Waals surface area contributed by atoms with Crippen LogP contribution in [0.2, 0.25) is 10.2 Å². The Kier molecular flexibility index (Phi) is 4.66. The van der Waals surface area contributed by atoms with Gasteiger partial charge in [0.15, 0.2) is 0 Å². The highest BCUT2D eigenvalue weighted by Gasteiger charge is 2.09. The molecule has 0 saturated carbocycles. The van der Waals surface area contributed by atoms with Crippen molar-refractivity contribution in [1.29, 1.82) is 0 Å². The van der Waals surface area contributed by atoms with Gasteiger partial charge in [0.05, 0.1) is 6.54 Å². The number of benzene rings is 1. The fraction of sp³-hybridized carbons (Fsp3) is 0.231. The van der Waals surface area contributed by atoms with Gasteiger partial charge in [-0.15, -0.1) is 0 Å². The molecule has 2 rings (SSSR count). The van der Waals surface area contributed by atoms with Gasteiger partial charge in [0.25, 0.3) is 5.56 Å². The van der Waals surface area contributed by atoms with Crippen molar-refractivity contribution >= 4 is 39.1 Å². The van der Waals surface area contributed by atoms with E-state index in [1.54, 1.807) is 10.6 Å². The standard InChI is InChI=1S/C13H11BrCl2N2O/c1-2-12-17-11(16)6-13(19)18(12)7-8-3-4-9(14)5-10(8)15/h3-6H,2,7H2,1H3. The van der Waals surface area contributed by atoms with Gasteiger partial charge in [0.2, 0.25) is 0 Å². The molecule has 0 aliphatic rings. The topological polar surface area (TPSA) is 34.9 Å². The summed E-state index contributed by atoms with van der Waals surface area (Å²) in [5.41, 5.74) is 0.696. The van der Waals surface area contributed by atoms with Crippen molar-refractivity contribution in [3.63, 3.8) is 0 Å². The Morgan fingerprint density at radius 2 is 2.05 bits per heavy atom. The molecule has 19 heavy (non-hydrogen) atoms. The van der Waals surface area contributed by atoms with Crippen LogP contribution in [-0.2, 0) is 13.0 Å². The zero-order valence-corrected chi connectivity index (χ0v) is 13.3. The monoisotopic (exact) mass is 360 g/mol. The molecule has 0 aliphatic heterocycles. The van der Waals surface area contributed by atoms with Crippen LogP contribution in [0.25, 0.3) is 0 Å². The van der Waals surface area contributed by atoms with E-state index in [-0.39, 0.29) is 10.7 Å². The molecule has 0 saturated heterocycles. The Bertz CT molecular complexity index is 670. The highest BCUT2D eigenvalue weighted by molar-refractivity contribution is 9.10. The van der Waals surface area contributed by atoms with Gasteiger partial charge >= 0.3 is 0 Å². The second-order valence-electron chi connectivity index (χ2n) is 4.01. The predicted octanol–water partition coefficient (Wildman–Crippen LogP) is 3.92. The van der Waals surface area contributed by atoms with E-state index in [9.17, 15) is 4.79 Å². The number of aromatic nitrogens is 2. The Balaban J connectivity index is 2.46. The van der Waals surface area contributed by atoms with E-state index in [4.69, 9.17) is 23.2 Å². The van der Waals surface area contributed by atoms with Crippen LogP contribution >= 0.6 is 39.1 Å². The zero-order valence-electron chi connectivity index (χ0n) is 10.2. The molecule has 0 spiro atoms. The Labute approximate surface area is 129 Å². The van der Waals surface area contributed by atoms with E-state index in [1.165, 1.54) is 6.07 Å². The van der Waals surface area contributed by atoms with Gasteiger partial charge in [0, 0.05) is 22.0 Å². The summed E-state index contributed by atoms with van der Waals surface area (Å²) >= 11 is 15.3. The van der Waals surface area contributed by atoms with Crippen LogP contribution in [0.1, 0.15) is 18.3 Å². The number of hydrogen-bond donors (Lipinski definition) is 0. The van der Waals surface area contributed by atoms with E-state index in [2.05, 4.69) is 20.9 Å². The largest absolute Gasteiger partial charge is 0.292 e. The molecule has 0 fully saturated rings. The first kappa shape index (κ1) is 14.6. The van der Waals surface area contributed by atoms with Crippen LogP contribution in [-0.4, -0.2) is 9.55 Å². The minimum absolute atomic E-state index is 0.171. The molecule has 1 heterocycles. The molecule has 0 N–H and O–H groups in total. The van der Waals surface area contributed by atoms with Crippen LogP contribution in [0.15, 0.2) is 33.5 Å². The van der Waals surface area contributed by atoms with Crippen molar-refractivity contribution in [1.82, 2.24) is 9.55 Å². The first-order valence-corrected chi connectivity index (χ1v) is 7.26. The second kappa shape index (κ2) is 6.07. The molecular formula is C13H11BrCl2N2O. The van der Waals surface area contributed by atoms with Gasteiger partial charge in [0.1, 0.15) is 11.0 Å². The Morgan fingerprint density at radius 1 is 1.32 bits per heavy atom. The lowest BCUT2D eigenvalue weighted by Gasteiger charge is -2.12. The smallest absolute Gasteiger partial charge is 0.255 e. The molecule has 6 heteroatoms. The number of hydrogen-bond acceptors (Lipinski definition) is 2. The molecule has 0 bridgehead atoms. The first-order chi connectivity index (χ1) is 9.01. The van der Waals surface area contributed by atoms with Gasteiger partial charge in [-0.05, 0) is 17.7 Å². The van der Waals surface area contributed by atoms with Crippen LogP contribution in [0.5, 0.6) is 0 Å². The summed E-state index contributed by atoms with van der Waals surface area (Å²) in [6.07, 6.45) is 0.629. The summed E-state index contributed by atoms with van der Waals surface area (Å²) < 4.78 is 2.49. The maximum absolute atomic E-state index is 12.0. The molecule has 1 aromatic carbocycles. The number of rotatable bonds is 3. The van der Waals surface area contributed by atoms with Crippen molar-refractivity contribution in [2.75, 3.05) is 0 Å². The van der Waals surface area contributed by atoms with Crippen molar-refractivity contribution in [2.24, 2.45) is 0 Å². The average Bonchev–Trinajstić information content (AvgIpc) is 2.34. The lowest BCUT2D eigenvalue weighted by molar-refractivity contribution is 0.675. The zero-order chi connectivity index (χ0) is 14.0. The van der Waals surface area contributed by atoms with E-state index >= 15 is 0 Å². The Hall–Kier alpha value is -0.840. The molecule has 0 unspecified atom stereocenters. The number of halogens is 3. The summed E-state index contributed by atoms with van der Waals surface area (Å²) in [4.78, 5) is 16.2. The quantitative estimate of drug-likeness (QED) is 0.776. The molecule has 0 amide bonds. The summed E-state index contributed by atoms with van der Waals surface area (Å²) in [5.74, 6) is 0.650. The maximum atomic E-state index is 12.0. The lowest BCUT2D eigenvalue weighted by Crippen LogP contribution is -2.24. The summed E-state index contributed by atoms with van der Waals surface area (Å²) in [6, 6.07) is 6.89. The summed E-state index contributed by atoms with van der Waals surface area (Å²) in [7, 11) is 0. The average molecular weight is 362 g/mol. The van der Waals surface area contributed by atoms with Crippen LogP contribution in [0.4, 0.5) is 0 Å². The second-order valence-corrected chi connectivity index (χ2v) is 5.72. The third kappa shape index (κ3) is 3.38. The molecule has 0 aliphatic carbocycles. The fourth-order valence-corrected chi connectivity index (χ4v) is 2.71. The van der Waals surface area contributed by atoms with Crippen molar-refractivity contribution in [3.8, 4) is 0 Å². The molecule has 100 valence electrons. The minimum atomic E-state index is -0.171. The molecule has 3 nitrogen and oxygen atoms in total. The minimum Gasteiger partial charge on any atom is -0.292 e. The predicted molar refractivity (Wildman–Crippen MR) is 81.1 cm³/mol. The van der Waals surface area contributed by atoms with Gasteiger partial charge in [-0.1, -0.05) is 52.1 Å². The van der Waals surface area contributed by atoms with Gasteiger partial charge in [-0.25, -0.2) is 4.98 Å². The van der Waals surface area contributed by atoms with E-state index in [0.717, 1.165) is 10.0 Å². The van der Waals surface area contributed by atoms with E-state index in [0.29, 0.717) is 23.8 Å². The van der Waals surface area contributed by atoms with Crippen molar-refractivity contribution in [2.45, 2.75) is 19.9 Å². The number of nitrogens with zero attached hydrogens (tertiary/aromatic N) is 2. The normalized spacial score (nSPS) is 10.7. The van der Waals surface area contributed by atoms with Gasteiger partial charge in [-0.2, -0.15) is 0 Å². The molecule has 2 aromatic rings. The lowest BCUT2D eigenvalue weighted by atomic mass is 10.2. The summed E-state index contributed by atoms with van der Waals surface area (Å²) in [6.45, 7) is 2.32. The maximum Gasteiger partial charge on any atom is 0.255 e. The van der Waals surface area contributed by atoms with Crippen LogP contribution in [0.3, 0.4) is 0 Å². The van der Waals surface area contributed by atoms with Crippen LogP contribution < -0.4 is 5.56 Å². The first-order valence-electron chi connectivity index (χ1n) is 5.71. The van der Waals surface area contributed by atoms with Gasteiger partial charge < -0.3 is 0 Å². The van der Waals surface area contributed by atoms with Gasteiger partial charge in [-0.3, -0.25) is 9.36 Å². The molecule has 0 atom stereocenters. The highest BCUT2D eigenvalue weighted by atomic mass is 79.9. The fourth-order valence-electron chi connectivity index (χ4n) is 1.78. The van der Waals surface area contributed by atoms with E-state index in [1.807, 2.05) is 19.1 Å². The third-order valence-electron chi connectivity index (χ3n) is 2.72. The summed E-state index contributed by atoms with van der Waals surface area (Å²) in [5, 5.41) is 0.832. The third-order valence-corrected chi connectivity index (χ3v) is 3.75. The molecule has 1 aromatic heterocycles. The molecule has 0 radical (unpaired) electrons. The number of aryl methyl sites for hydroxylation is 1. The Morgan fingerprint density at radius 3 is 2.68 bits per heavy atom. The van der Waals surface area contributed by atoms with E-state index < -0.39 is 0 Å². The highest BCUT2D eigenvalue weighted by Crippen LogP contribution is 2.22. The van der Waals surface area contributed by atoms with Crippen molar-refractivity contribution < 1.29 is 0 Å². The SMILES string of the molecule is CCc1nc(Cl)cc(=O)n1Cc1ccc(Br)cc1Cl. The van der Waals surface area contributed by atoms with Crippen molar-refractivity contribution in [3.05, 3.63) is 60.7 Å². The van der Waals surface area contributed by atoms with Crippen LogP contribution in [0, 0.1) is 0 Å². The molecular weight excluding hydrogens is 351 g/mol.